The van der Waals surface area contributed by atoms with Gasteiger partial charge < -0.3 is 22.1 Å². The molecule has 160 valence electrons. The molecule has 0 radical (unpaired) electrons. The van der Waals surface area contributed by atoms with Crippen molar-refractivity contribution >= 4 is 29.2 Å². The number of aliphatic imine (C=N–C) groups is 2. The molecule has 0 bridgehead atoms. The van der Waals surface area contributed by atoms with Crippen LogP contribution in [0.2, 0.25) is 0 Å². The van der Waals surface area contributed by atoms with Crippen molar-refractivity contribution in [2.75, 3.05) is 11.1 Å². The van der Waals surface area contributed by atoms with Gasteiger partial charge in [-0.2, -0.15) is 0 Å². The number of carbonyl (C=O) groups is 1. The van der Waals surface area contributed by atoms with Crippen LogP contribution < -0.4 is 22.1 Å². The van der Waals surface area contributed by atoms with Crippen LogP contribution >= 0.6 is 0 Å². The lowest BCUT2D eigenvalue weighted by molar-refractivity contribution is 0.102. The van der Waals surface area contributed by atoms with E-state index in [9.17, 15) is 4.79 Å². The van der Waals surface area contributed by atoms with Crippen LogP contribution in [0, 0.1) is 5.92 Å². The molecule has 1 atom stereocenters. The first-order valence-corrected chi connectivity index (χ1v) is 9.73. The van der Waals surface area contributed by atoms with Crippen molar-refractivity contribution in [1.29, 1.82) is 0 Å². The molecule has 0 aliphatic heterocycles. The van der Waals surface area contributed by atoms with Gasteiger partial charge >= 0.3 is 0 Å². The van der Waals surface area contributed by atoms with Gasteiger partial charge in [-0.1, -0.05) is 44.3 Å². The zero-order chi connectivity index (χ0) is 22.6. The van der Waals surface area contributed by atoms with Crippen LogP contribution in [0.1, 0.15) is 22.8 Å². The third-order valence-corrected chi connectivity index (χ3v) is 4.33. The molecule has 0 fully saturated rings. The lowest BCUT2D eigenvalue weighted by Crippen LogP contribution is -2.16. The number of hydrogen-bond acceptors (Lipinski definition) is 6. The van der Waals surface area contributed by atoms with Gasteiger partial charge in [0.25, 0.3) is 5.91 Å². The number of para-hydroxylation sites is 2. The van der Waals surface area contributed by atoms with Crippen molar-refractivity contribution in [3.8, 4) is 0 Å². The van der Waals surface area contributed by atoms with E-state index in [-0.39, 0.29) is 11.8 Å². The van der Waals surface area contributed by atoms with E-state index in [2.05, 4.69) is 33.8 Å². The maximum Gasteiger partial charge on any atom is 0.255 e. The van der Waals surface area contributed by atoms with Crippen molar-refractivity contribution in [3.05, 3.63) is 97.1 Å². The Kier molecular flexibility index (Phi) is 8.79. The minimum atomic E-state index is -0.222. The highest BCUT2D eigenvalue weighted by Gasteiger charge is 2.08. The molecule has 0 aromatic heterocycles. The fourth-order valence-electron chi connectivity index (χ4n) is 2.63. The first-order chi connectivity index (χ1) is 14.9. The topological polar surface area (TPSA) is 118 Å². The molecule has 2 aromatic carbocycles. The summed E-state index contributed by atoms with van der Waals surface area (Å²) in [5.41, 5.74) is 14.7. The zero-order valence-corrected chi connectivity index (χ0v) is 17.6. The van der Waals surface area contributed by atoms with Gasteiger partial charge in [0.05, 0.1) is 17.1 Å². The summed E-state index contributed by atoms with van der Waals surface area (Å²) in [5.74, 6) is 0.223. The number of allylic oxidation sites excluding steroid dienone is 1. The predicted molar refractivity (Wildman–Crippen MR) is 130 cm³/mol. The van der Waals surface area contributed by atoms with Crippen LogP contribution in [0.15, 0.2) is 96.0 Å². The number of hydrogen-bond donors (Lipinski definition) is 4. The molecule has 7 heteroatoms. The van der Waals surface area contributed by atoms with Crippen molar-refractivity contribution in [2.24, 2.45) is 21.6 Å². The second-order valence-electron chi connectivity index (χ2n) is 6.70. The minimum absolute atomic E-state index is 0.0483. The number of nitrogens with one attached hydrogen (secondary N) is 2. The van der Waals surface area contributed by atoms with Gasteiger partial charge in [-0.3, -0.25) is 9.79 Å². The minimum Gasteiger partial charge on any atom is -0.405 e. The summed E-state index contributed by atoms with van der Waals surface area (Å²) in [6.07, 6.45) is 6.33. The Balaban J connectivity index is 1.97. The van der Waals surface area contributed by atoms with Crippen LogP contribution in [-0.2, 0) is 6.54 Å². The summed E-state index contributed by atoms with van der Waals surface area (Å²) in [4.78, 5) is 20.9. The maximum atomic E-state index is 12.4. The van der Waals surface area contributed by atoms with Gasteiger partial charge in [0, 0.05) is 30.4 Å². The number of nitrogen functional groups attached to an aromatic ring is 1. The monoisotopic (exact) mass is 416 g/mol. The van der Waals surface area contributed by atoms with Gasteiger partial charge in [0.1, 0.15) is 5.82 Å². The number of anilines is 2. The lowest BCUT2D eigenvalue weighted by Gasteiger charge is -2.11. The normalized spacial score (nSPS) is 12.6. The third kappa shape index (κ3) is 7.32. The van der Waals surface area contributed by atoms with Crippen LogP contribution in [-0.4, -0.2) is 17.8 Å². The van der Waals surface area contributed by atoms with Gasteiger partial charge in [0.2, 0.25) is 0 Å². The number of rotatable bonds is 10. The Hall–Kier alpha value is -4.13. The van der Waals surface area contributed by atoms with Crippen LogP contribution in [0.25, 0.3) is 0 Å². The molecule has 0 heterocycles. The Morgan fingerprint density at radius 1 is 1.19 bits per heavy atom. The number of nitrogens with zero attached hydrogens (tertiary/aromatic N) is 2. The third-order valence-electron chi connectivity index (χ3n) is 4.33. The zero-order valence-electron chi connectivity index (χ0n) is 17.6. The Morgan fingerprint density at radius 2 is 1.90 bits per heavy atom. The molecule has 2 rings (SSSR count). The van der Waals surface area contributed by atoms with Crippen LogP contribution in [0.5, 0.6) is 0 Å². The first-order valence-electron chi connectivity index (χ1n) is 9.73. The largest absolute Gasteiger partial charge is 0.405 e. The molecule has 0 saturated carbocycles. The summed E-state index contributed by atoms with van der Waals surface area (Å²) in [6.45, 7) is 9.96. The highest BCUT2D eigenvalue weighted by molar-refractivity contribution is 6.06. The first kappa shape index (κ1) is 23.2. The summed E-state index contributed by atoms with van der Waals surface area (Å²) in [6, 6.07) is 14.4. The van der Waals surface area contributed by atoms with Gasteiger partial charge in [-0.15, -0.1) is 0 Å². The van der Waals surface area contributed by atoms with Crippen molar-refractivity contribution in [3.63, 3.8) is 0 Å². The van der Waals surface area contributed by atoms with Gasteiger partial charge in [-0.25, -0.2) is 4.99 Å². The van der Waals surface area contributed by atoms with E-state index in [1.807, 2.05) is 31.2 Å². The number of carbonyl (C=O) groups excluding carboxylic acids is 1. The summed E-state index contributed by atoms with van der Waals surface area (Å²) >= 11 is 0. The van der Waals surface area contributed by atoms with Gasteiger partial charge in [-0.05, 0) is 42.1 Å². The quantitative estimate of drug-likeness (QED) is 0.347. The van der Waals surface area contributed by atoms with Crippen LogP contribution in [0.3, 0.4) is 0 Å². The van der Waals surface area contributed by atoms with E-state index < -0.39 is 0 Å². The standard InChI is InChI=1S/C24H28N6O/c1-4-27-15-17(2)22(13-14-25)29-18(3)28-16-19-9-11-20(12-10-19)24(31)30-23-8-6-5-7-21(23)26/h4-15,17,28H,1,3,16,25-26H2,2H3,(H,30,31)/b14-13-,27-15?,29-22?. The van der Waals surface area contributed by atoms with Crippen molar-refractivity contribution in [2.45, 2.75) is 13.5 Å². The summed E-state index contributed by atoms with van der Waals surface area (Å²) in [7, 11) is 0. The highest BCUT2D eigenvalue weighted by atomic mass is 16.1. The molecule has 2 aromatic rings. The van der Waals surface area contributed by atoms with Gasteiger partial charge in [0.15, 0.2) is 0 Å². The molecule has 6 N–H and O–H groups in total. The molecule has 0 saturated heterocycles. The average molecular weight is 417 g/mol. The molecule has 0 spiro atoms. The summed E-state index contributed by atoms with van der Waals surface area (Å²) < 4.78 is 0. The van der Waals surface area contributed by atoms with E-state index in [1.54, 1.807) is 36.6 Å². The SMILES string of the molecule is C=CN=CC(C)C(/C=C\N)=NC(=C)NCc1ccc(C(=O)Nc2ccccc2N)cc1. The number of benzene rings is 2. The second kappa shape index (κ2) is 11.8. The molecule has 1 unspecified atom stereocenters. The second-order valence-corrected chi connectivity index (χ2v) is 6.70. The highest BCUT2D eigenvalue weighted by Crippen LogP contribution is 2.18. The predicted octanol–water partition coefficient (Wildman–Crippen LogP) is 3.85. The molecule has 0 aliphatic rings. The smallest absolute Gasteiger partial charge is 0.255 e. The van der Waals surface area contributed by atoms with Crippen LogP contribution in [0.4, 0.5) is 11.4 Å². The fraction of sp³-hybridized carbons (Fsp3) is 0.125. The molecular weight excluding hydrogens is 388 g/mol. The fourth-order valence-corrected chi connectivity index (χ4v) is 2.63. The van der Waals surface area contributed by atoms with E-state index >= 15 is 0 Å². The Bertz CT molecular complexity index is 1000. The molecule has 0 aliphatic carbocycles. The molecule has 1 amide bonds. The Morgan fingerprint density at radius 3 is 2.55 bits per heavy atom. The van der Waals surface area contributed by atoms with E-state index in [4.69, 9.17) is 11.5 Å². The van der Waals surface area contributed by atoms with E-state index in [0.29, 0.717) is 29.3 Å². The lowest BCUT2D eigenvalue weighted by atomic mass is 10.1. The molecule has 31 heavy (non-hydrogen) atoms. The number of amides is 1. The van der Waals surface area contributed by atoms with Crippen molar-refractivity contribution in [1.82, 2.24) is 5.32 Å². The molecule has 7 nitrogen and oxygen atoms in total. The average Bonchev–Trinajstić information content (AvgIpc) is 2.77. The number of nitrogens with two attached hydrogens (primary N) is 2. The maximum absolute atomic E-state index is 12.4. The summed E-state index contributed by atoms with van der Waals surface area (Å²) in [5, 5.41) is 5.97. The Labute approximate surface area is 183 Å². The van der Waals surface area contributed by atoms with E-state index in [1.165, 1.54) is 12.4 Å². The van der Waals surface area contributed by atoms with E-state index in [0.717, 1.165) is 11.3 Å². The van der Waals surface area contributed by atoms with Crippen molar-refractivity contribution < 1.29 is 4.79 Å². The molecular formula is C24H28N6O.